The second kappa shape index (κ2) is 21.1. The molecule has 0 radical (unpaired) electrons. The Hall–Kier alpha value is -6.54. The number of fused-ring (bicyclic) bond motifs is 4. The molecular weight excluding hydrogens is 981 g/mol. The van der Waals surface area contributed by atoms with Crippen molar-refractivity contribution in [1.29, 1.82) is 0 Å². The van der Waals surface area contributed by atoms with Crippen LogP contribution in [0.5, 0.6) is 0 Å². The van der Waals surface area contributed by atoms with Crippen molar-refractivity contribution in [1.82, 2.24) is 48.9 Å². The highest BCUT2D eigenvalue weighted by Crippen LogP contribution is 2.46. The van der Waals surface area contributed by atoms with Gasteiger partial charge in [0, 0.05) is 136 Å². The molecule has 2 N–H and O–H groups in total. The molecule has 6 aliphatic rings. The van der Waals surface area contributed by atoms with E-state index in [4.69, 9.17) is 10.2 Å². The molecular formula is C56H68F4N12O4. The Kier molecular flexibility index (Phi) is 14.3. The predicted molar refractivity (Wildman–Crippen MR) is 279 cm³/mol. The third-order valence-electron chi connectivity index (χ3n) is 16.8. The Morgan fingerprint density at radius 1 is 0.566 bits per heavy atom. The summed E-state index contributed by atoms with van der Waals surface area (Å²) >= 11 is 0. The van der Waals surface area contributed by atoms with E-state index in [2.05, 4.69) is 29.4 Å². The molecule has 0 unspecified atom stereocenters. The zero-order chi connectivity index (χ0) is 53.1. The van der Waals surface area contributed by atoms with E-state index in [-0.39, 0.29) is 47.2 Å². The average Bonchev–Trinajstić information content (AvgIpc) is 4.30. The van der Waals surface area contributed by atoms with Gasteiger partial charge in [0.1, 0.15) is 0 Å². The number of hydrogen-bond acceptors (Lipinski definition) is 10. The molecule has 16 nitrogen and oxygen atoms in total. The fourth-order valence-corrected chi connectivity index (χ4v) is 12.8. The molecule has 0 saturated heterocycles. The maximum Gasteiger partial charge on any atom is 0.264 e. The highest BCUT2D eigenvalue weighted by Gasteiger charge is 2.37. The fraction of sp³-hybridized carbons (Fsp3) is 0.536. The third kappa shape index (κ3) is 9.90. The number of carbonyl (C=O) groups is 2. The Morgan fingerprint density at radius 2 is 0.961 bits per heavy atom. The summed E-state index contributed by atoms with van der Waals surface area (Å²) in [6.07, 6.45) is 12.2. The molecule has 0 bridgehead atoms. The first kappa shape index (κ1) is 51.6. The van der Waals surface area contributed by atoms with Crippen molar-refractivity contribution < 1.29 is 37.4 Å². The van der Waals surface area contributed by atoms with Gasteiger partial charge in [0.2, 0.25) is 11.8 Å². The minimum atomic E-state index is -2.63. The number of aromatic nitrogens is 8. The van der Waals surface area contributed by atoms with E-state index in [0.717, 1.165) is 134 Å². The smallest absolute Gasteiger partial charge is 0.264 e. The van der Waals surface area contributed by atoms with Crippen LogP contribution in [-0.2, 0) is 62.5 Å². The lowest BCUT2D eigenvalue weighted by Crippen LogP contribution is -2.36. The molecule has 0 atom stereocenters. The maximum absolute atomic E-state index is 14.4. The van der Waals surface area contributed by atoms with Crippen molar-refractivity contribution in [2.24, 2.45) is 14.1 Å². The lowest BCUT2D eigenvalue weighted by molar-refractivity contribution is -0.130. The first-order valence-corrected chi connectivity index (χ1v) is 27.1. The molecule has 0 spiro atoms. The van der Waals surface area contributed by atoms with E-state index in [0.29, 0.717) is 74.4 Å². The van der Waals surface area contributed by atoms with Gasteiger partial charge in [0.25, 0.3) is 12.9 Å². The van der Waals surface area contributed by atoms with Gasteiger partial charge < -0.3 is 29.8 Å². The molecule has 2 aliphatic carbocycles. The first-order valence-electron chi connectivity index (χ1n) is 27.1. The maximum atomic E-state index is 14.4. The lowest BCUT2D eigenvalue weighted by atomic mass is 9.92. The third-order valence-corrected chi connectivity index (χ3v) is 16.8. The van der Waals surface area contributed by atoms with Crippen LogP contribution in [0.15, 0.2) is 49.1 Å². The van der Waals surface area contributed by atoms with Crippen LogP contribution in [0.4, 0.5) is 40.6 Å². The van der Waals surface area contributed by atoms with Gasteiger partial charge in [-0.1, -0.05) is 0 Å². The molecule has 20 heteroatoms. The van der Waals surface area contributed by atoms with Gasteiger partial charge in [0.05, 0.1) is 49.8 Å². The number of carbonyl (C=O) groups excluding carboxylic acids is 2. The summed E-state index contributed by atoms with van der Waals surface area (Å²) in [5.74, 6) is 1.59. The van der Waals surface area contributed by atoms with Crippen molar-refractivity contribution in [3.63, 3.8) is 0 Å². The minimum Gasteiger partial charge on any atom is -0.393 e. The molecule has 12 rings (SSSR count). The Bertz CT molecular complexity index is 2920. The number of hydrogen-bond donors (Lipinski definition) is 2. The minimum absolute atomic E-state index is 0.0106. The monoisotopic (exact) mass is 1050 g/mol. The number of alkyl halides is 4. The van der Waals surface area contributed by atoms with E-state index in [1.165, 1.54) is 0 Å². The van der Waals surface area contributed by atoms with Gasteiger partial charge in [0.15, 0.2) is 11.6 Å². The summed E-state index contributed by atoms with van der Waals surface area (Å²) in [6, 6.07) is 7.45. The fourth-order valence-electron chi connectivity index (χ4n) is 12.8. The van der Waals surface area contributed by atoms with E-state index in [9.17, 15) is 37.4 Å². The molecule has 2 amide bonds. The Labute approximate surface area is 439 Å². The van der Waals surface area contributed by atoms with Gasteiger partial charge in [-0.2, -0.15) is 20.4 Å². The van der Waals surface area contributed by atoms with E-state index < -0.39 is 12.9 Å². The highest BCUT2D eigenvalue weighted by molar-refractivity contribution is 5.80. The number of benzene rings is 2. The first-order chi connectivity index (χ1) is 36.6. The quantitative estimate of drug-likeness (QED) is 0.141. The van der Waals surface area contributed by atoms with E-state index in [1.54, 1.807) is 74.2 Å². The Morgan fingerprint density at radius 3 is 1.30 bits per heavy atom. The number of halogens is 4. The van der Waals surface area contributed by atoms with Crippen LogP contribution in [0.25, 0.3) is 22.3 Å². The van der Waals surface area contributed by atoms with Crippen molar-refractivity contribution in [2.75, 3.05) is 36.0 Å². The molecule has 4 aliphatic heterocycles. The lowest BCUT2D eigenvalue weighted by Gasteiger charge is -2.33. The average molecular weight is 1050 g/mol. The van der Waals surface area contributed by atoms with Gasteiger partial charge >= 0.3 is 0 Å². The number of nitrogens with zero attached hydrogens (tertiary/aromatic N) is 12. The zero-order valence-corrected chi connectivity index (χ0v) is 43.8. The topological polar surface area (TPSA) is 159 Å². The van der Waals surface area contributed by atoms with Crippen LogP contribution in [0.2, 0.25) is 0 Å². The van der Waals surface area contributed by atoms with E-state index >= 15 is 0 Å². The Balaban J connectivity index is 0.000000162. The zero-order valence-electron chi connectivity index (χ0n) is 43.8. The molecule has 2 fully saturated rings. The molecule has 6 aromatic rings. The SMILES string of the molecule is CC(=O)N1CCc2c(c(N3CCCc4cc(-c5cnn(C)c5)c(C(F)F)cc43)nn2C2CCC(O)CC2)C1.CC(=O)N1CCc2c(c(N3CCCc4cc(-c5cnn(C)c5)c(C(F)F)cc43)nn2C2CCC(O)CC2)C1. The summed E-state index contributed by atoms with van der Waals surface area (Å²) in [7, 11) is 3.56. The molecule has 76 heavy (non-hydrogen) atoms. The van der Waals surface area contributed by atoms with Crippen LogP contribution in [0.1, 0.15) is 148 Å². The van der Waals surface area contributed by atoms with E-state index in [1.807, 2.05) is 21.9 Å². The van der Waals surface area contributed by atoms with Crippen LogP contribution in [-0.4, -0.2) is 109 Å². The normalized spacial score (nSPS) is 21.5. The van der Waals surface area contributed by atoms with Crippen LogP contribution in [0.3, 0.4) is 0 Å². The molecule has 404 valence electrons. The number of aliphatic hydroxyl groups is 2. The summed E-state index contributed by atoms with van der Waals surface area (Å²) in [5.41, 5.74) is 10.2. The predicted octanol–water partition coefficient (Wildman–Crippen LogP) is 9.37. The van der Waals surface area contributed by atoms with Crippen LogP contribution < -0.4 is 9.80 Å². The molecule has 2 aromatic carbocycles. The molecule has 4 aromatic heterocycles. The van der Waals surface area contributed by atoms with Crippen molar-refractivity contribution in [3.8, 4) is 22.3 Å². The van der Waals surface area contributed by atoms with Crippen molar-refractivity contribution in [3.05, 3.63) is 93.8 Å². The number of rotatable bonds is 8. The number of aryl methyl sites for hydroxylation is 4. The van der Waals surface area contributed by atoms with Crippen LogP contribution in [0, 0.1) is 0 Å². The second-order valence-electron chi connectivity index (χ2n) is 21.7. The summed E-state index contributed by atoms with van der Waals surface area (Å²) < 4.78 is 65.0. The van der Waals surface area contributed by atoms with Crippen LogP contribution >= 0.6 is 0 Å². The van der Waals surface area contributed by atoms with Gasteiger partial charge in [-0.25, -0.2) is 17.6 Å². The van der Waals surface area contributed by atoms with Gasteiger partial charge in [-0.05, 0) is 124 Å². The molecule has 8 heterocycles. The van der Waals surface area contributed by atoms with Crippen molar-refractivity contribution >= 4 is 34.8 Å². The van der Waals surface area contributed by atoms with Gasteiger partial charge in [-0.15, -0.1) is 0 Å². The molecule has 2 saturated carbocycles. The number of amides is 2. The number of anilines is 4. The summed E-state index contributed by atoms with van der Waals surface area (Å²) in [6.45, 7) is 6.75. The van der Waals surface area contributed by atoms with Gasteiger partial charge in [-0.3, -0.25) is 28.3 Å². The standard InChI is InChI=1S/2C28H34F2N6O2/c2*1-17(37)34-11-9-25-24(16-34)28(32-36(25)20-5-7-21(38)8-6-20)35-10-3-4-18-12-22(19-14-31-33(2)15-19)23(27(29)30)13-26(18)35/h2*12-15,20-21,27,38H,3-11,16H2,1-2H3. The second-order valence-corrected chi connectivity index (χ2v) is 21.7. The highest BCUT2D eigenvalue weighted by atomic mass is 19.3. The summed E-state index contributed by atoms with van der Waals surface area (Å²) in [5, 5.41) is 38.8. The van der Waals surface area contributed by atoms with Crippen molar-refractivity contribution in [2.45, 2.75) is 154 Å². The summed E-state index contributed by atoms with van der Waals surface area (Å²) in [4.78, 5) is 32.5. The number of aliphatic hydroxyl groups excluding tert-OH is 2. The largest absolute Gasteiger partial charge is 0.393 e.